The van der Waals surface area contributed by atoms with Gasteiger partial charge in [0.1, 0.15) is 0 Å². The second kappa shape index (κ2) is 9.35. The average Bonchev–Trinajstić information content (AvgIpc) is 2.78. The summed E-state index contributed by atoms with van der Waals surface area (Å²) in [4.78, 5) is 9.38. The van der Waals surface area contributed by atoms with E-state index in [1.807, 2.05) is 54.7 Å². The minimum Gasteiger partial charge on any atom is -0.354 e. The molecule has 3 aromatic carbocycles. The third kappa shape index (κ3) is 5.01. The van der Waals surface area contributed by atoms with Crippen LogP contribution < -0.4 is 5.32 Å². The van der Waals surface area contributed by atoms with E-state index >= 15 is 0 Å². The monoisotopic (exact) mass is 399 g/mol. The van der Waals surface area contributed by atoms with E-state index in [4.69, 9.17) is 16.6 Å². The average molecular weight is 400 g/mol. The predicted molar refractivity (Wildman–Crippen MR) is 121 cm³/mol. The molecule has 4 heteroatoms. The minimum absolute atomic E-state index is 0.641. The second-order valence-corrected chi connectivity index (χ2v) is 7.28. The fraction of sp³-hybridized carbons (Fsp3) is 0.120. The van der Waals surface area contributed by atoms with E-state index in [-0.39, 0.29) is 0 Å². The van der Waals surface area contributed by atoms with Gasteiger partial charge in [0, 0.05) is 28.9 Å². The number of anilines is 1. The van der Waals surface area contributed by atoms with Gasteiger partial charge in [0.25, 0.3) is 0 Å². The van der Waals surface area contributed by atoms with Gasteiger partial charge in [-0.1, -0.05) is 84.4 Å². The molecule has 0 aliphatic rings. The standard InChI is InChI=1S/C25H22ClN3/c26-22-15-7-14-21(17-22)23-18-28-25(29-24(23)20-12-5-2-6-13-20)27-16-8-11-19-9-3-1-4-10-19/h1-7,9-10,12-15,17-18H,8,11,16H2,(H,27,28,29). The Morgan fingerprint density at radius 2 is 1.52 bits per heavy atom. The molecule has 1 N–H and O–H groups in total. The number of halogens is 1. The molecule has 1 heterocycles. The molecular weight excluding hydrogens is 378 g/mol. The summed E-state index contributed by atoms with van der Waals surface area (Å²) < 4.78 is 0. The van der Waals surface area contributed by atoms with Crippen molar-refractivity contribution in [3.05, 3.63) is 102 Å². The summed E-state index contributed by atoms with van der Waals surface area (Å²) in [6, 6.07) is 28.5. The summed E-state index contributed by atoms with van der Waals surface area (Å²) in [6.45, 7) is 0.819. The maximum Gasteiger partial charge on any atom is 0.223 e. The van der Waals surface area contributed by atoms with Gasteiger partial charge in [0.05, 0.1) is 5.69 Å². The first-order valence-corrected chi connectivity index (χ1v) is 10.1. The number of hydrogen-bond acceptors (Lipinski definition) is 3. The van der Waals surface area contributed by atoms with E-state index in [1.165, 1.54) is 5.56 Å². The van der Waals surface area contributed by atoms with E-state index in [1.54, 1.807) is 0 Å². The van der Waals surface area contributed by atoms with Crippen LogP contribution in [0.4, 0.5) is 5.95 Å². The Kier molecular flexibility index (Phi) is 6.18. The molecule has 29 heavy (non-hydrogen) atoms. The zero-order valence-electron chi connectivity index (χ0n) is 16.1. The van der Waals surface area contributed by atoms with Crippen LogP contribution in [0.3, 0.4) is 0 Å². The van der Waals surface area contributed by atoms with Crippen LogP contribution in [-0.2, 0) is 6.42 Å². The fourth-order valence-electron chi connectivity index (χ4n) is 3.29. The van der Waals surface area contributed by atoms with Crippen molar-refractivity contribution in [2.24, 2.45) is 0 Å². The molecule has 0 saturated carbocycles. The van der Waals surface area contributed by atoms with Crippen LogP contribution in [0.2, 0.25) is 5.02 Å². The SMILES string of the molecule is Clc1cccc(-c2cnc(NCCCc3ccccc3)nc2-c2ccccc2)c1. The summed E-state index contributed by atoms with van der Waals surface area (Å²) in [7, 11) is 0. The highest BCUT2D eigenvalue weighted by atomic mass is 35.5. The van der Waals surface area contributed by atoms with Crippen LogP contribution in [0.1, 0.15) is 12.0 Å². The van der Waals surface area contributed by atoms with Crippen molar-refractivity contribution in [2.45, 2.75) is 12.8 Å². The molecule has 0 bridgehead atoms. The Balaban J connectivity index is 1.55. The third-order valence-corrected chi connectivity index (χ3v) is 4.97. The normalized spacial score (nSPS) is 10.7. The van der Waals surface area contributed by atoms with Crippen LogP contribution >= 0.6 is 11.6 Å². The van der Waals surface area contributed by atoms with E-state index in [0.717, 1.165) is 41.8 Å². The van der Waals surface area contributed by atoms with Crippen molar-refractivity contribution in [2.75, 3.05) is 11.9 Å². The maximum absolute atomic E-state index is 6.21. The number of aryl methyl sites for hydroxylation is 1. The molecule has 4 aromatic rings. The summed E-state index contributed by atoms with van der Waals surface area (Å²) in [5.74, 6) is 0.641. The Morgan fingerprint density at radius 3 is 2.28 bits per heavy atom. The van der Waals surface area contributed by atoms with E-state index < -0.39 is 0 Å². The molecule has 1 aromatic heterocycles. The van der Waals surface area contributed by atoms with Gasteiger partial charge in [-0.15, -0.1) is 0 Å². The zero-order chi connectivity index (χ0) is 19.9. The Hall–Kier alpha value is -3.17. The highest BCUT2D eigenvalue weighted by Gasteiger charge is 2.12. The summed E-state index contributed by atoms with van der Waals surface area (Å²) in [5, 5.41) is 4.07. The Bertz CT molecular complexity index is 1070. The number of nitrogens with one attached hydrogen (secondary N) is 1. The lowest BCUT2D eigenvalue weighted by atomic mass is 10.0. The number of nitrogens with zero attached hydrogens (tertiary/aromatic N) is 2. The molecule has 0 aliphatic carbocycles. The molecule has 4 rings (SSSR count). The molecule has 0 aliphatic heterocycles. The van der Waals surface area contributed by atoms with Crippen LogP contribution in [0.25, 0.3) is 22.4 Å². The molecule has 0 spiro atoms. The zero-order valence-corrected chi connectivity index (χ0v) is 16.8. The lowest BCUT2D eigenvalue weighted by Gasteiger charge is -2.12. The largest absolute Gasteiger partial charge is 0.354 e. The van der Waals surface area contributed by atoms with Crippen LogP contribution in [0, 0.1) is 0 Å². The predicted octanol–water partition coefficient (Wildman–Crippen LogP) is 6.51. The van der Waals surface area contributed by atoms with Crippen LogP contribution in [0.15, 0.2) is 91.1 Å². The molecule has 3 nitrogen and oxygen atoms in total. The lowest BCUT2D eigenvalue weighted by molar-refractivity contribution is 0.853. The van der Waals surface area contributed by atoms with Crippen molar-refractivity contribution >= 4 is 17.5 Å². The van der Waals surface area contributed by atoms with Gasteiger partial charge < -0.3 is 5.32 Å². The highest BCUT2D eigenvalue weighted by molar-refractivity contribution is 6.30. The lowest BCUT2D eigenvalue weighted by Crippen LogP contribution is -2.07. The molecule has 0 atom stereocenters. The van der Waals surface area contributed by atoms with Crippen molar-refractivity contribution < 1.29 is 0 Å². The van der Waals surface area contributed by atoms with Gasteiger partial charge in [0.2, 0.25) is 5.95 Å². The number of hydrogen-bond donors (Lipinski definition) is 1. The number of aromatic nitrogens is 2. The molecule has 0 fully saturated rings. The van der Waals surface area contributed by atoms with Gasteiger partial charge in [-0.05, 0) is 36.1 Å². The van der Waals surface area contributed by atoms with Crippen molar-refractivity contribution in [1.82, 2.24) is 9.97 Å². The first-order valence-electron chi connectivity index (χ1n) is 9.76. The first-order chi connectivity index (χ1) is 14.3. The minimum atomic E-state index is 0.641. The quantitative estimate of drug-likeness (QED) is 0.360. The highest BCUT2D eigenvalue weighted by Crippen LogP contribution is 2.31. The topological polar surface area (TPSA) is 37.8 Å². The Morgan fingerprint density at radius 1 is 0.793 bits per heavy atom. The van der Waals surface area contributed by atoms with Crippen molar-refractivity contribution in [1.29, 1.82) is 0 Å². The Labute approximate surface area is 176 Å². The maximum atomic E-state index is 6.21. The summed E-state index contributed by atoms with van der Waals surface area (Å²) in [5.41, 5.74) is 5.27. The van der Waals surface area contributed by atoms with Gasteiger partial charge in [0.15, 0.2) is 0 Å². The molecule has 0 amide bonds. The van der Waals surface area contributed by atoms with Crippen LogP contribution in [0.5, 0.6) is 0 Å². The van der Waals surface area contributed by atoms with Crippen molar-refractivity contribution in [3.8, 4) is 22.4 Å². The van der Waals surface area contributed by atoms with E-state index in [9.17, 15) is 0 Å². The van der Waals surface area contributed by atoms with E-state index in [2.05, 4.69) is 46.7 Å². The molecule has 144 valence electrons. The van der Waals surface area contributed by atoms with Crippen molar-refractivity contribution in [3.63, 3.8) is 0 Å². The second-order valence-electron chi connectivity index (χ2n) is 6.85. The van der Waals surface area contributed by atoms with Gasteiger partial charge >= 0.3 is 0 Å². The van der Waals surface area contributed by atoms with E-state index in [0.29, 0.717) is 11.0 Å². The number of rotatable bonds is 7. The first kappa shape index (κ1) is 19.2. The summed E-state index contributed by atoms with van der Waals surface area (Å²) >= 11 is 6.21. The molecular formula is C25H22ClN3. The van der Waals surface area contributed by atoms with Gasteiger partial charge in [-0.3, -0.25) is 0 Å². The fourth-order valence-corrected chi connectivity index (χ4v) is 3.48. The smallest absolute Gasteiger partial charge is 0.223 e. The third-order valence-electron chi connectivity index (χ3n) is 4.74. The molecule has 0 radical (unpaired) electrons. The van der Waals surface area contributed by atoms with Gasteiger partial charge in [-0.25, -0.2) is 9.97 Å². The van der Waals surface area contributed by atoms with Crippen LogP contribution in [-0.4, -0.2) is 16.5 Å². The molecule has 0 unspecified atom stereocenters. The summed E-state index contributed by atoms with van der Waals surface area (Å²) in [6.07, 6.45) is 3.92. The number of benzene rings is 3. The molecule has 0 saturated heterocycles. The van der Waals surface area contributed by atoms with Gasteiger partial charge in [-0.2, -0.15) is 0 Å².